The lowest BCUT2D eigenvalue weighted by atomic mass is 9.90. The maximum atomic E-state index is 3.85. The quantitative estimate of drug-likeness (QED) is 0.385. The van der Waals surface area contributed by atoms with Crippen molar-refractivity contribution >= 4 is 27.7 Å². The molecular weight excluding hydrogens is 292 g/mol. The van der Waals surface area contributed by atoms with E-state index in [0.717, 1.165) is 0 Å². The predicted molar refractivity (Wildman–Crippen MR) is 83.0 cm³/mol. The molecule has 0 saturated carbocycles. The second kappa shape index (κ2) is 7.27. The van der Waals surface area contributed by atoms with E-state index in [1.54, 1.807) is 0 Å². The van der Waals surface area contributed by atoms with Gasteiger partial charge in [0.1, 0.15) is 0 Å². The van der Waals surface area contributed by atoms with Crippen molar-refractivity contribution in [1.82, 2.24) is 0 Å². The van der Waals surface area contributed by atoms with Crippen molar-refractivity contribution in [1.29, 1.82) is 0 Å². The van der Waals surface area contributed by atoms with E-state index < -0.39 is 0 Å². The molecule has 0 bridgehead atoms. The highest BCUT2D eigenvalue weighted by molar-refractivity contribution is 9.09. The van der Waals surface area contributed by atoms with Gasteiger partial charge >= 0.3 is 0 Å². The Balaban J connectivity index is 2.58. The van der Waals surface area contributed by atoms with Crippen LogP contribution in [0.5, 0.6) is 0 Å². The van der Waals surface area contributed by atoms with Gasteiger partial charge in [0.05, 0.1) is 0 Å². The number of thioether (sulfide) groups is 1. The lowest BCUT2D eigenvalue weighted by Gasteiger charge is -2.28. The molecule has 0 aromatic heterocycles. The number of benzene rings is 1. The summed E-state index contributed by atoms with van der Waals surface area (Å²) in [6.45, 7) is 10.8. The van der Waals surface area contributed by atoms with Crippen LogP contribution in [0.4, 0.5) is 0 Å². The first-order chi connectivity index (χ1) is 8.06. The summed E-state index contributed by atoms with van der Waals surface area (Å²) in [6.07, 6.45) is 1.99. The molecule has 17 heavy (non-hydrogen) atoms. The van der Waals surface area contributed by atoms with Gasteiger partial charge in [-0.25, -0.2) is 0 Å². The molecule has 1 unspecified atom stereocenters. The van der Waals surface area contributed by atoms with E-state index >= 15 is 0 Å². The molecule has 0 radical (unpaired) electrons. The van der Waals surface area contributed by atoms with Gasteiger partial charge in [-0.2, -0.15) is 0 Å². The number of alkyl halides is 1. The highest BCUT2D eigenvalue weighted by atomic mass is 79.9. The molecule has 4 atom stereocenters. The van der Waals surface area contributed by atoms with Crippen LogP contribution in [0.2, 0.25) is 0 Å². The molecule has 94 valence electrons. The Morgan fingerprint density at radius 1 is 1.12 bits per heavy atom. The molecular formula is C15H21BrS. The van der Waals surface area contributed by atoms with E-state index in [1.165, 1.54) is 4.90 Å². The summed E-state index contributed by atoms with van der Waals surface area (Å²) >= 11 is 5.62. The molecule has 2 heteroatoms. The Labute approximate surface area is 118 Å². The molecule has 0 fully saturated rings. The van der Waals surface area contributed by atoms with Crippen molar-refractivity contribution in [3.05, 3.63) is 43.0 Å². The minimum Gasteiger partial charge on any atom is -0.123 e. The maximum absolute atomic E-state index is 3.85. The minimum absolute atomic E-state index is 0.399. The summed E-state index contributed by atoms with van der Waals surface area (Å²) < 4.78 is 0. The van der Waals surface area contributed by atoms with Crippen LogP contribution in [0.3, 0.4) is 0 Å². The average Bonchev–Trinajstić information content (AvgIpc) is 2.37. The van der Waals surface area contributed by atoms with Gasteiger partial charge in [0.15, 0.2) is 0 Å². The van der Waals surface area contributed by atoms with Gasteiger partial charge in [-0.3, -0.25) is 0 Å². The third-order valence-electron chi connectivity index (χ3n) is 3.36. The van der Waals surface area contributed by atoms with Crippen molar-refractivity contribution in [2.75, 3.05) is 0 Å². The molecule has 1 rings (SSSR count). The Morgan fingerprint density at radius 2 is 1.71 bits per heavy atom. The SMILES string of the molecule is C=CC(Br)[C@H](C)[C@H](C)[C@@H](C)Sc1ccccc1. The second-order valence-corrected chi connectivity index (χ2v) is 7.04. The summed E-state index contributed by atoms with van der Waals surface area (Å²) in [7, 11) is 0. The number of halogens is 1. The second-order valence-electron chi connectivity index (χ2n) is 4.53. The zero-order chi connectivity index (χ0) is 12.8. The first-order valence-corrected chi connectivity index (χ1v) is 7.84. The van der Waals surface area contributed by atoms with E-state index in [-0.39, 0.29) is 0 Å². The molecule has 0 amide bonds. The molecule has 0 aliphatic rings. The molecule has 0 N–H and O–H groups in total. The fraction of sp³-hybridized carbons (Fsp3) is 0.467. The Kier molecular flexibility index (Phi) is 6.35. The topological polar surface area (TPSA) is 0 Å². The number of allylic oxidation sites excluding steroid dienone is 1. The summed E-state index contributed by atoms with van der Waals surface area (Å²) in [5.41, 5.74) is 0. The molecule has 0 aliphatic carbocycles. The zero-order valence-corrected chi connectivity index (χ0v) is 13.2. The predicted octanol–water partition coefficient (Wildman–Crippen LogP) is 5.39. The van der Waals surface area contributed by atoms with Crippen molar-refractivity contribution in [3.63, 3.8) is 0 Å². The van der Waals surface area contributed by atoms with Crippen molar-refractivity contribution in [2.45, 2.75) is 35.7 Å². The normalized spacial score (nSPS) is 18.1. The monoisotopic (exact) mass is 312 g/mol. The standard InChI is InChI=1S/C15H21BrS/c1-5-15(16)12(3)11(2)13(4)17-14-9-7-6-8-10-14/h5-13,15H,1H2,2-4H3/t11-,12+,13+,15?/m0/s1. The number of rotatable bonds is 6. The van der Waals surface area contributed by atoms with Crippen molar-refractivity contribution in [3.8, 4) is 0 Å². The van der Waals surface area contributed by atoms with Crippen molar-refractivity contribution in [2.24, 2.45) is 11.8 Å². The summed E-state index contributed by atoms with van der Waals surface area (Å²) in [6, 6.07) is 10.6. The highest BCUT2D eigenvalue weighted by Gasteiger charge is 2.23. The average molecular weight is 313 g/mol. The molecule has 0 spiro atoms. The Hall–Kier alpha value is -0.210. The van der Waals surface area contributed by atoms with E-state index in [2.05, 4.69) is 73.6 Å². The lowest BCUT2D eigenvalue weighted by molar-refractivity contribution is 0.399. The van der Waals surface area contributed by atoms with Crippen LogP contribution in [-0.2, 0) is 0 Å². The first kappa shape index (κ1) is 14.8. The largest absolute Gasteiger partial charge is 0.123 e. The minimum atomic E-state index is 0.399. The van der Waals surface area contributed by atoms with Gasteiger partial charge in [-0.1, -0.05) is 61.0 Å². The van der Waals surface area contributed by atoms with Gasteiger partial charge in [0, 0.05) is 15.0 Å². The van der Waals surface area contributed by atoms with Crippen LogP contribution in [0.25, 0.3) is 0 Å². The Morgan fingerprint density at radius 3 is 2.24 bits per heavy atom. The molecule has 0 heterocycles. The van der Waals surface area contributed by atoms with Crippen LogP contribution >= 0.6 is 27.7 Å². The van der Waals surface area contributed by atoms with Crippen LogP contribution in [0.1, 0.15) is 20.8 Å². The van der Waals surface area contributed by atoms with Gasteiger partial charge in [0.2, 0.25) is 0 Å². The van der Waals surface area contributed by atoms with Crippen LogP contribution < -0.4 is 0 Å². The highest BCUT2D eigenvalue weighted by Crippen LogP contribution is 2.34. The van der Waals surface area contributed by atoms with E-state index in [4.69, 9.17) is 0 Å². The third kappa shape index (κ3) is 4.51. The molecule has 0 saturated heterocycles. The Bertz CT molecular complexity index is 336. The number of hydrogen-bond donors (Lipinski definition) is 0. The smallest absolute Gasteiger partial charge is 0.0351 e. The molecule has 1 aromatic rings. The van der Waals surface area contributed by atoms with Gasteiger partial charge in [0.25, 0.3) is 0 Å². The fourth-order valence-electron chi connectivity index (χ4n) is 1.75. The first-order valence-electron chi connectivity index (χ1n) is 6.04. The summed E-state index contributed by atoms with van der Waals surface area (Å²) in [5.74, 6) is 1.24. The van der Waals surface area contributed by atoms with Crippen LogP contribution in [-0.4, -0.2) is 10.1 Å². The third-order valence-corrected chi connectivity index (χ3v) is 5.92. The number of hydrogen-bond acceptors (Lipinski definition) is 1. The molecule has 0 aliphatic heterocycles. The van der Waals surface area contributed by atoms with Gasteiger partial charge < -0.3 is 0 Å². The lowest BCUT2D eigenvalue weighted by Crippen LogP contribution is -2.24. The van der Waals surface area contributed by atoms with E-state index in [1.807, 2.05) is 17.8 Å². The zero-order valence-electron chi connectivity index (χ0n) is 10.8. The maximum Gasteiger partial charge on any atom is 0.0351 e. The molecule has 0 nitrogen and oxygen atoms in total. The summed E-state index contributed by atoms with van der Waals surface area (Å²) in [5, 5.41) is 0.604. The van der Waals surface area contributed by atoms with E-state index in [0.29, 0.717) is 21.9 Å². The van der Waals surface area contributed by atoms with Crippen molar-refractivity contribution < 1.29 is 0 Å². The molecule has 1 aromatic carbocycles. The van der Waals surface area contributed by atoms with Gasteiger partial charge in [-0.05, 0) is 24.0 Å². The summed E-state index contributed by atoms with van der Waals surface area (Å²) in [4.78, 5) is 1.75. The van der Waals surface area contributed by atoms with Crippen LogP contribution in [0.15, 0.2) is 47.9 Å². The van der Waals surface area contributed by atoms with Crippen LogP contribution in [0, 0.1) is 11.8 Å². The fourth-order valence-corrected chi connectivity index (χ4v) is 3.44. The van der Waals surface area contributed by atoms with E-state index in [9.17, 15) is 0 Å². The van der Waals surface area contributed by atoms with Gasteiger partial charge in [-0.15, -0.1) is 18.3 Å².